The maximum absolute atomic E-state index is 5.81. The molecule has 1 aliphatic rings. The van der Waals surface area contributed by atoms with Gasteiger partial charge in [-0.15, -0.1) is 10.2 Å². The molecule has 3 heterocycles. The fourth-order valence-corrected chi connectivity index (χ4v) is 2.72. The van der Waals surface area contributed by atoms with Crippen LogP contribution < -0.4 is 5.73 Å². The molecular weight excluding hydrogens is 252 g/mol. The third kappa shape index (κ3) is 2.67. The summed E-state index contributed by atoms with van der Waals surface area (Å²) in [6.45, 7) is 6.11. The van der Waals surface area contributed by atoms with E-state index in [9.17, 15) is 0 Å². The molecule has 20 heavy (non-hydrogen) atoms. The Bertz CT molecular complexity index is 570. The molecule has 0 atom stereocenters. The second kappa shape index (κ2) is 5.87. The monoisotopic (exact) mass is 274 g/mol. The fraction of sp³-hybridized carbons (Fsp3) is 0.571. The van der Waals surface area contributed by atoms with Gasteiger partial charge < -0.3 is 15.5 Å². The second-order valence-corrected chi connectivity index (χ2v) is 5.43. The zero-order valence-electron chi connectivity index (χ0n) is 12.0. The lowest BCUT2D eigenvalue weighted by Crippen LogP contribution is -2.45. The number of nitrogens with two attached hydrogens (primary N) is 1. The SMILES string of the molecule is CN1CCN(CCc2nnc3cccc(CN)n23)CC1. The van der Waals surface area contributed by atoms with Crippen LogP contribution in [0.5, 0.6) is 0 Å². The van der Waals surface area contributed by atoms with Gasteiger partial charge in [-0.25, -0.2) is 0 Å². The largest absolute Gasteiger partial charge is 0.325 e. The van der Waals surface area contributed by atoms with Crippen LogP contribution in [-0.4, -0.2) is 64.2 Å². The molecule has 1 aliphatic heterocycles. The van der Waals surface area contributed by atoms with E-state index in [2.05, 4.69) is 31.4 Å². The smallest absolute Gasteiger partial charge is 0.161 e. The summed E-state index contributed by atoms with van der Waals surface area (Å²) in [5.41, 5.74) is 7.77. The van der Waals surface area contributed by atoms with Crippen molar-refractivity contribution >= 4 is 5.65 Å². The summed E-state index contributed by atoms with van der Waals surface area (Å²) in [6, 6.07) is 6.00. The zero-order chi connectivity index (χ0) is 13.9. The Balaban J connectivity index is 1.71. The van der Waals surface area contributed by atoms with Crippen LogP contribution in [0.1, 0.15) is 11.5 Å². The van der Waals surface area contributed by atoms with Crippen molar-refractivity contribution in [3.05, 3.63) is 29.7 Å². The van der Waals surface area contributed by atoms with Crippen molar-refractivity contribution < 1.29 is 0 Å². The highest BCUT2D eigenvalue weighted by molar-refractivity contribution is 5.39. The number of nitrogens with zero attached hydrogens (tertiary/aromatic N) is 5. The first-order chi connectivity index (χ1) is 9.78. The van der Waals surface area contributed by atoms with Gasteiger partial charge >= 0.3 is 0 Å². The van der Waals surface area contributed by atoms with Gasteiger partial charge in [0.15, 0.2) is 5.65 Å². The maximum atomic E-state index is 5.81. The van der Waals surface area contributed by atoms with Crippen LogP contribution in [0.25, 0.3) is 5.65 Å². The van der Waals surface area contributed by atoms with Gasteiger partial charge in [0.2, 0.25) is 0 Å². The Morgan fingerprint density at radius 1 is 1.15 bits per heavy atom. The van der Waals surface area contributed by atoms with Crippen LogP contribution >= 0.6 is 0 Å². The molecule has 1 fully saturated rings. The Morgan fingerprint density at radius 2 is 1.95 bits per heavy atom. The van der Waals surface area contributed by atoms with Crippen molar-refractivity contribution in [1.29, 1.82) is 0 Å². The van der Waals surface area contributed by atoms with Crippen LogP contribution in [-0.2, 0) is 13.0 Å². The number of hydrogen-bond donors (Lipinski definition) is 1. The van der Waals surface area contributed by atoms with Crippen LogP contribution in [0.3, 0.4) is 0 Å². The summed E-state index contributed by atoms with van der Waals surface area (Å²) in [5.74, 6) is 1.01. The first-order valence-electron chi connectivity index (χ1n) is 7.21. The summed E-state index contributed by atoms with van der Waals surface area (Å²) in [6.07, 6.45) is 0.919. The molecule has 2 aromatic rings. The molecule has 2 N–H and O–H groups in total. The van der Waals surface area contributed by atoms with Crippen molar-refractivity contribution in [2.75, 3.05) is 39.8 Å². The third-order valence-electron chi connectivity index (χ3n) is 4.03. The van der Waals surface area contributed by atoms with E-state index >= 15 is 0 Å². The second-order valence-electron chi connectivity index (χ2n) is 5.43. The first-order valence-corrected chi connectivity index (χ1v) is 7.21. The Labute approximate surface area is 119 Å². The topological polar surface area (TPSA) is 62.7 Å². The van der Waals surface area contributed by atoms with Gasteiger partial charge in [-0.2, -0.15) is 0 Å². The highest BCUT2D eigenvalue weighted by Gasteiger charge is 2.15. The predicted molar refractivity (Wildman–Crippen MR) is 78.5 cm³/mol. The molecule has 0 radical (unpaired) electrons. The van der Waals surface area contributed by atoms with Crippen molar-refractivity contribution in [3.63, 3.8) is 0 Å². The minimum atomic E-state index is 0.511. The Kier molecular flexibility index (Phi) is 3.95. The average molecular weight is 274 g/mol. The Morgan fingerprint density at radius 3 is 2.70 bits per heavy atom. The summed E-state index contributed by atoms with van der Waals surface area (Å²) in [5, 5.41) is 8.56. The highest BCUT2D eigenvalue weighted by atomic mass is 15.3. The van der Waals surface area contributed by atoms with E-state index in [0.717, 1.165) is 56.3 Å². The number of hydrogen-bond acceptors (Lipinski definition) is 5. The van der Waals surface area contributed by atoms with E-state index in [4.69, 9.17) is 5.73 Å². The molecule has 0 aromatic carbocycles. The van der Waals surface area contributed by atoms with E-state index < -0.39 is 0 Å². The van der Waals surface area contributed by atoms with Gasteiger partial charge in [0.25, 0.3) is 0 Å². The normalized spacial score (nSPS) is 17.9. The standard InChI is InChI=1S/C14H22N6/c1-18-7-9-19(10-8-18)6-5-14-17-16-13-4-2-3-12(11-15)20(13)14/h2-4H,5-11,15H2,1H3. The number of aromatic nitrogens is 3. The van der Waals surface area contributed by atoms with Crippen LogP contribution in [0, 0.1) is 0 Å². The quantitative estimate of drug-likeness (QED) is 0.849. The molecule has 0 aliphatic carbocycles. The van der Waals surface area contributed by atoms with Gasteiger partial charge in [-0.3, -0.25) is 4.40 Å². The van der Waals surface area contributed by atoms with Crippen molar-refractivity contribution in [2.24, 2.45) is 5.73 Å². The summed E-state index contributed by atoms with van der Waals surface area (Å²) >= 11 is 0. The van der Waals surface area contributed by atoms with Crippen molar-refractivity contribution in [2.45, 2.75) is 13.0 Å². The zero-order valence-corrected chi connectivity index (χ0v) is 12.0. The molecule has 6 heteroatoms. The van der Waals surface area contributed by atoms with Crippen LogP contribution in [0.4, 0.5) is 0 Å². The molecule has 108 valence electrons. The number of pyridine rings is 1. The molecule has 3 rings (SSSR count). The van der Waals surface area contributed by atoms with Gasteiger partial charge in [0, 0.05) is 51.4 Å². The number of fused-ring (bicyclic) bond motifs is 1. The van der Waals surface area contributed by atoms with Gasteiger partial charge in [-0.1, -0.05) is 6.07 Å². The summed E-state index contributed by atoms with van der Waals surface area (Å²) < 4.78 is 2.09. The van der Waals surface area contributed by atoms with E-state index in [0.29, 0.717) is 6.54 Å². The molecule has 6 nitrogen and oxygen atoms in total. The summed E-state index contributed by atoms with van der Waals surface area (Å²) in [4.78, 5) is 4.86. The van der Waals surface area contributed by atoms with Crippen LogP contribution in [0.2, 0.25) is 0 Å². The fourth-order valence-electron chi connectivity index (χ4n) is 2.72. The lowest BCUT2D eigenvalue weighted by molar-refractivity contribution is 0.155. The van der Waals surface area contributed by atoms with E-state index in [1.54, 1.807) is 0 Å². The van der Waals surface area contributed by atoms with E-state index in [1.807, 2.05) is 18.2 Å². The number of likely N-dealkylation sites (N-methyl/N-ethyl adjacent to an activating group) is 1. The minimum Gasteiger partial charge on any atom is -0.325 e. The Hall–Kier alpha value is -1.50. The van der Waals surface area contributed by atoms with Gasteiger partial charge in [0.1, 0.15) is 5.82 Å². The molecule has 0 amide bonds. The maximum Gasteiger partial charge on any atom is 0.161 e. The lowest BCUT2D eigenvalue weighted by atomic mass is 10.3. The molecule has 0 spiro atoms. The molecular formula is C14H22N6. The van der Waals surface area contributed by atoms with Crippen molar-refractivity contribution in [3.8, 4) is 0 Å². The molecule has 0 unspecified atom stereocenters. The van der Waals surface area contributed by atoms with E-state index in [1.165, 1.54) is 0 Å². The molecule has 1 saturated heterocycles. The van der Waals surface area contributed by atoms with Crippen molar-refractivity contribution in [1.82, 2.24) is 24.4 Å². The lowest BCUT2D eigenvalue weighted by Gasteiger charge is -2.32. The highest BCUT2D eigenvalue weighted by Crippen LogP contribution is 2.10. The molecule has 0 saturated carbocycles. The molecule has 0 bridgehead atoms. The number of piperazine rings is 1. The average Bonchev–Trinajstić information content (AvgIpc) is 2.90. The van der Waals surface area contributed by atoms with Gasteiger partial charge in [0.05, 0.1) is 0 Å². The third-order valence-corrected chi connectivity index (χ3v) is 4.03. The van der Waals surface area contributed by atoms with Gasteiger partial charge in [-0.05, 0) is 19.2 Å². The number of rotatable bonds is 4. The summed E-state index contributed by atoms with van der Waals surface area (Å²) in [7, 11) is 2.18. The molecule has 2 aromatic heterocycles. The minimum absolute atomic E-state index is 0.511. The van der Waals surface area contributed by atoms with E-state index in [-0.39, 0.29) is 0 Å². The predicted octanol–water partition coefficient (Wildman–Crippen LogP) is -0.0221. The first kappa shape index (κ1) is 13.5. The van der Waals surface area contributed by atoms with Crippen LogP contribution in [0.15, 0.2) is 18.2 Å².